The number of aryl methyl sites for hydroxylation is 1. The van der Waals surface area contributed by atoms with Gasteiger partial charge in [-0.15, -0.1) is 0 Å². The molecule has 3 rings (SSSR count). The van der Waals surface area contributed by atoms with Crippen molar-refractivity contribution >= 4 is 23.5 Å². The zero-order valence-corrected chi connectivity index (χ0v) is 17.9. The second-order valence-corrected chi connectivity index (χ2v) is 6.62. The number of carbonyl (C=O) groups is 3. The number of aromatic nitrogens is 1. The molecule has 1 heterocycles. The highest BCUT2D eigenvalue weighted by Gasteiger charge is 2.17. The lowest BCUT2D eigenvalue weighted by Gasteiger charge is -2.10. The van der Waals surface area contributed by atoms with Crippen LogP contribution < -0.4 is 14.8 Å². The normalized spacial score (nSPS) is 10.2. The topological polar surface area (TPSA) is 104 Å². The van der Waals surface area contributed by atoms with Gasteiger partial charge in [-0.1, -0.05) is 12.1 Å². The molecule has 0 radical (unpaired) electrons. The number of pyridine rings is 1. The molecule has 8 heteroatoms. The van der Waals surface area contributed by atoms with Gasteiger partial charge in [0.1, 0.15) is 17.2 Å². The van der Waals surface area contributed by atoms with Gasteiger partial charge in [0.2, 0.25) is 0 Å². The van der Waals surface area contributed by atoms with Crippen LogP contribution in [0.25, 0.3) is 0 Å². The summed E-state index contributed by atoms with van der Waals surface area (Å²) in [6.07, 6.45) is 0. The molecule has 32 heavy (non-hydrogen) atoms. The number of esters is 2. The summed E-state index contributed by atoms with van der Waals surface area (Å²) in [5.41, 5.74) is 1.64. The number of amides is 1. The Morgan fingerprint density at radius 1 is 0.906 bits per heavy atom. The highest BCUT2D eigenvalue weighted by atomic mass is 16.5. The molecular weight excluding hydrogens is 412 g/mol. The number of carbonyl (C=O) groups excluding carboxylic acids is 3. The summed E-state index contributed by atoms with van der Waals surface area (Å²) in [6.45, 7) is 3.57. The van der Waals surface area contributed by atoms with E-state index in [2.05, 4.69) is 10.3 Å². The minimum absolute atomic E-state index is 0.0594. The number of nitrogens with zero attached hydrogens (tertiary/aromatic N) is 1. The van der Waals surface area contributed by atoms with E-state index in [1.165, 1.54) is 19.2 Å². The summed E-state index contributed by atoms with van der Waals surface area (Å²) >= 11 is 0. The average molecular weight is 434 g/mol. The van der Waals surface area contributed by atoms with Gasteiger partial charge in [-0.2, -0.15) is 0 Å². The Kier molecular flexibility index (Phi) is 7.17. The summed E-state index contributed by atoms with van der Waals surface area (Å²) in [6, 6.07) is 16.1. The number of nitrogens with one attached hydrogen (secondary N) is 1. The molecule has 0 saturated heterocycles. The summed E-state index contributed by atoms with van der Waals surface area (Å²) in [4.78, 5) is 40.9. The molecule has 0 bridgehead atoms. The molecule has 0 fully saturated rings. The van der Waals surface area contributed by atoms with Gasteiger partial charge >= 0.3 is 11.9 Å². The van der Waals surface area contributed by atoms with E-state index in [-0.39, 0.29) is 24.0 Å². The molecule has 0 aliphatic heterocycles. The number of hydrogen-bond donors (Lipinski definition) is 1. The first-order valence-electron chi connectivity index (χ1n) is 9.84. The Balaban J connectivity index is 1.65. The highest BCUT2D eigenvalue weighted by molar-refractivity contribution is 6.06. The highest BCUT2D eigenvalue weighted by Crippen LogP contribution is 2.21. The number of anilines is 1. The van der Waals surface area contributed by atoms with Crippen molar-refractivity contribution in [2.75, 3.05) is 19.0 Å². The van der Waals surface area contributed by atoms with E-state index < -0.39 is 11.9 Å². The zero-order valence-electron chi connectivity index (χ0n) is 17.9. The molecular formula is C24H22N2O6. The zero-order chi connectivity index (χ0) is 23.1. The number of ether oxygens (including phenoxy) is 3. The molecule has 0 aliphatic rings. The van der Waals surface area contributed by atoms with Crippen LogP contribution in [-0.4, -0.2) is 36.5 Å². The molecule has 0 aliphatic carbocycles. The molecule has 164 valence electrons. The lowest BCUT2D eigenvalue weighted by Crippen LogP contribution is -2.14. The average Bonchev–Trinajstić information content (AvgIpc) is 2.80. The monoisotopic (exact) mass is 434 g/mol. The van der Waals surface area contributed by atoms with Gasteiger partial charge in [-0.25, -0.2) is 14.6 Å². The van der Waals surface area contributed by atoms with Crippen molar-refractivity contribution in [2.24, 2.45) is 0 Å². The van der Waals surface area contributed by atoms with E-state index in [0.717, 1.165) is 0 Å². The number of para-hydroxylation sites is 1. The first kappa shape index (κ1) is 22.5. The lowest BCUT2D eigenvalue weighted by atomic mass is 10.2. The predicted octanol–water partition coefficient (Wildman–Crippen LogP) is 4.05. The van der Waals surface area contributed by atoms with Crippen molar-refractivity contribution in [1.29, 1.82) is 0 Å². The summed E-state index contributed by atoms with van der Waals surface area (Å²) < 4.78 is 15.5. The van der Waals surface area contributed by atoms with E-state index in [1.807, 2.05) is 0 Å². The Hall–Kier alpha value is -4.20. The van der Waals surface area contributed by atoms with Gasteiger partial charge in [0.15, 0.2) is 0 Å². The van der Waals surface area contributed by atoms with Crippen molar-refractivity contribution in [2.45, 2.75) is 13.8 Å². The first-order chi connectivity index (χ1) is 15.4. The Labute approximate surface area is 185 Å². The van der Waals surface area contributed by atoms with Crippen LogP contribution in [0.15, 0.2) is 60.7 Å². The molecule has 0 spiro atoms. The quantitative estimate of drug-likeness (QED) is 0.442. The third-order valence-corrected chi connectivity index (χ3v) is 4.46. The van der Waals surface area contributed by atoms with Gasteiger partial charge in [0, 0.05) is 5.69 Å². The van der Waals surface area contributed by atoms with Crippen molar-refractivity contribution in [1.82, 2.24) is 4.98 Å². The third kappa shape index (κ3) is 5.28. The van der Waals surface area contributed by atoms with Crippen LogP contribution in [-0.2, 0) is 4.74 Å². The van der Waals surface area contributed by atoms with Crippen LogP contribution in [0, 0.1) is 6.92 Å². The molecule has 1 aromatic heterocycles. The number of rotatable bonds is 7. The Morgan fingerprint density at radius 3 is 2.28 bits per heavy atom. The van der Waals surface area contributed by atoms with Crippen LogP contribution >= 0.6 is 0 Å². The molecule has 3 aromatic rings. The van der Waals surface area contributed by atoms with Crippen LogP contribution in [0.4, 0.5) is 5.69 Å². The van der Waals surface area contributed by atoms with Gasteiger partial charge < -0.3 is 19.5 Å². The summed E-state index contributed by atoms with van der Waals surface area (Å²) in [5.74, 6) is -0.752. The van der Waals surface area contributed by atoms with Crippen molar-refractivity contribution in [3.8, 4) is 11.5 Å². The third-order valence-electron chi connectivity index (χ3n) is 4.46. The number of benzene rings is 2. The fourth-order valence-corrected chi connectivity index (χ4v) is 2.90. The maximum atomic E-state index is 12.5. The molecule has 1 amide bonds. The SMILES string of the molecule is CCOC(=O)c1ccc(C(=O)Oc2ccc(NC(=O)c3ccccc3OC)cc2)nc1C. The van der Waals surface area contributed by atoms with Gasteiger partial charge in [-0.3, -0.25) is 4.79 Å². The minimum Gasteiger partial charge on any atom is -0.496 e. The molecule has 0 unspecified atom stereocenters. The molecule has 2 aromatic carbocycles. The Bertz CT molecular complexity index is 1140. The fraction of sp³-hybridized carbons (Fsp3) is 0.167. The van der Waals surface area contributed by atoms with Crippen LogP contribution in [0.1, 0.15) is 43.8 Å². The molecule has 1 N–H and O–H groups in total. The Morgan fingerprint density at radius 2 is 1.62 bits per heavy atom. The van der Waals surface area contributed by atoms with Gasteiger partial charge in [-0.05, 0) is 62.4 Å². The van der Waals surface area contributed by atoms with Crippen LogP contribution in [0.2, 0.25) is 0 Å². The van der Waals surface area contributed by atoms with E-state index >= 15 is 0 Å². The second-order valence-electron chi connectivity index (χ2n) is 6.62. The second kappa shape index (κ2) is 10.2. The fourth-order valence-electron chi connectivity index (χ4n) is 2.90. The predicted molar refractivity (Wildman–Crippen MR) is 117 cm³/mol. The molecule has 0 atom stereocenters. The maximum absolute atomic E-state index is 12.5. The van der Waals surface area contributed by atoms with Crippen molar-refractivity contribution in [3.63, 3.8) is 0 Å². The van der Waals surface area contributed by atoms with Crippen molar-refractivity contribution < 1.29 is 28.6 Å². The largest absolute Gasteiger partial charge is 0.496 e. The van der Waals surface area contributed by atoms with E-state index in [9.17, 15) is 14.4 Å². The van der Waals surface area contributed by atoms with Crippen molar-refractivity contribution in [3.05, 3.63) is 83.2 Å². The first-order valence-corrected chi connectivity index (χ1v) is 9.84. The smallest absolute Gasteiger partial charge is 0.362 e. The van der Waals surface area contributed by atoms with E-state index in [4.69, 9.17) is 14.2 Å². The van der Waals surface area contributed by atoms with Crippen LogP contribution in [0.3, 0.4) is 0 Å². The summed E-state index contributed by atoms with van der Waals surface area (Å²) in [7, 11) is 1.50. The molecule has 8 nitrogen and oxygen atoms in total. The summed E-state index contributed by atoms with van der Waals surface area (Å²) in [5, 5.41) is 2.76. The van der Waals surface area contributed by atoms with Gasteiger partial charge in [0.25, 0.3) is 5.91 Å². The standard InChI is InChI=1S/C24H22N2O6/c1-4-31-23(28)18-13-14-20(25-15(18)2)24(29)32-17-11-9-16(10-12-17)26-22(27)19-7-5-6-8-21(19)30-3/h5-14H,4H2,1-3H3,(H,26,27). The van der Waals surface area contributed by atoms with E-state index in [0.29, 0.717) is 28.3 Å². The van der Waals surface area contributed by atoms with Gasteiger partial charge in [0.05, 0.1) is 30.5 Å². The minimum atomic E-state index is -0.672. The maximum Gasteiger partial charge on any atom is 0.362 e. The van der Waals surface area contributed by atoms with Crippen LogP contribution in [0.5, 0.6) is 11.5 Å². The number of methoxy groups -OCH3 is 1. The molecule has 0 saturated carbocycles. The number of hydrogen-bond acceptors (Lipinski definition) is 7. The lowest BCUT2D eigenvalue weighted by molar-refractivity contribution is 0.0523. The van der Waals surface area contributed by atoms with E-state index in [1.54, 1.807) is 62.4 Å².